The second-order valence-corrected chi connectivity index (χ2v) is 4.31. The molecule has 2 aromatic rings. The number of benzene rings is 2. The predicted molar refractivity (Wildman–Crippen MR) is 67.6 cm³/mol. The highest BCUT2D eigenvalue weighted by Gasteiger charge is 2.01. The van der Waals surface area contributed by atoms with Crippen molar-refractivity contribution < 1.29 is 0 Å². The number of rotatable bonds is 3. The zero-order chi connectivity index (χ0) is 10.7. The van der Waals surface area contributed by atoms with Gasteiger partial charge in [-0.05, 0) is 29.9 Å². The molecule has 0 N–H and O–H groups in total. The molecule has 0 radical (unpaired) electrons. The highest BCUT2D eigenvalue weighted by molar-refractivity contribution is 6.35. The van der Waals surface area contributed by atoms with Crippen LogP contribution in [0.2, 0.25) is 5.02 Å². The number of fused-ring (bicyclic) bond motifs is 1. The maximum atomic E-state index is 6.24. The Morgan fingerprint density at radius 3 is 2.73 bits per heavy atom. The Bertz CT molecular complexity index is 460. The molecule has 0 fully saturated rings. The largest absolute Gasteiger partial charge is 0.0837 e. The van der Waals surface area contributed by atoms with Crippen LogP contribution in [0.5, 0.6) is 0 Å². The van der Waals surface area contributed by atoms with E-state index >= 15 is 0 Å². The zero-order valence-electron chi connectivity index (χ0n) is 8.96. The highest BCUT2D eigenvalue weighted by atomic mass is 35.5. The number of hydrogen-bond acceptors (Lipinski definition) is 0. The van der Waals surface area contributed by atoms with E-state index in [0.29, 0.717) is 0 Å². The molecule has 2 rings (SSSR count). The van der Waals surface area contributed by atoms with Gasteiger partial charge in [0, 0.05) is 10.4 Å². The van der Waals surface area contributed by atoms with E-state index in [1.165, 1.54) is 23.8 Å². The molecule has 0 unspecified atom stereocenters. The Kier molecular flexibility index (Phi) is 3.27. The monoisotopic (exact) mass is 218 g/mol. The quantitative estimate of drug-likeness (QED) is 0.692. The third-order valence-corrected chi connectivity index (χ3v) is 3.00. The first-order valence-corrected chi connectivity index (χ1v) is 5.86. The van der Waals surface area contributed by atoms with E-state index in [9.17, 15) is 0 Å². The van der Waals surface area contributed by atoms with Crippen LogP contribution >= 0.6 is 11.6 Å². The Balaban J connectivity index is 2.43. The van der Waals surface area contributed by atoms with Crippen molar-refractivity contribution >= 4 is 22.4 Å². The third-order valence-electron chi connectivity index (χ3n) is 2.69. The predicted octanol–water partition coefficient (Wildman–Crippen LogP) is 4.84. The molecule has 0 aliphatic carbocycles. The lowest BCUT2D eigenvalue weighted by molar-refractivity contribution is 0.796. The molecule has 0 amide bonds. The van der Waals surface area contributed by atoms with Crippen molar-refractivity contribution in [3.63, 3.8) is 0 Å². The van der Waals surface area contributed by atoms with Gasteiger partial charge in [0.15, 0.2) is 0 Å². The van der Waals surface area contributed by atoms with Gasteiger partial charge in [-0.1, -0.05) is 55.3 Å². The molecule has 2 aromatic carbocycles. The molecule has 0 saturated heterocycles. The van der Waals surface area contributed by atoms with E-state index in [-0.39, 0.29) is 0 Å². The van der Waals surface area contributed by atoms with Gasteiger partial charge in [-0.25, -0.2) is 0 Å². The minimum atomic E-state index is 0.874. The molecule has 0 aliphatic rings. The molecule has 0 atom stereocenters. The van der Waals surface area contributed by atoms with Crippen molar-refractivity contribution in [1.82, 2.24) is 0 Å². The standard InChI is InChI=1S/C14H15Cl/c1-2-3-6-11-9-12-7-4-5-8-13(12)14(15)10-11/h4-5,7-10H,2-3,6H2,1H3. The van der Waals surface area contributed by atoms with Crippen molar-refractivity contribution in [3.05, 3.63) is 47.0 Å². The topological polar surface area (TPSA) is 0 Å². The number of aryl methyl sites for hydroxylation is 1. The van der Waals surface area contributed by atoms with Gasteiger partial charge in [0.2, 0.25) is 0 Å². The van der Waals surface area contributed by atoms with Crippen molar-refractivity contribution in [2.75, 3.05) is 0 Å². The van der Waals surface area contributed by atoms with E-state index < -0.39 is 0 Å². The van der Waals surface area contributed by atoms with Crippen LogP contribution in [0.15, 0.2) is 36.4 Å². The van der Waals surface area contributed by atoms with Crippen LogP contribution in [0.1, 0.15) is 25.3 Å². The van der Waals surface area contributed by atoms with E-state index in [2.05, 4.69) is 37.3 Å². The minimum Gasteiger partial charge on any atom is -0.0837 e. The first-order chi connectivity index (χ1) is 7.31. The third kappa shape index (κ3) is 2.32. The van der Waals surface area contributed by atoms with Crippen molar-refractivity contribution in [2.24, 2.45) is 0 Å². The first-order valence-electron chi connectivity index (χ1n) is 5.48. The normalized spacial score (nSPS) is 10.8. The summed E-state index contributed by atoms with van der Waals surface area (Å²) in [7, 11) is 0. The smallest absolute Gasteiger partial charge is 0.0487 e. The Hall–Kier alpha value is -1.01. The van der Waals surface area contributed by atoms with Gasteiger partial charge in [-0.15, -0.1) is 0 Å². The van der Waals surface area contributed by atoms with Crippen LogP contribution in [-0.4, -0.2) is 0 Å². The molecule has 78 valence electrons. The maximum Gasteiger partial charge on any atom is 0.0487 e. The van der Waals surface area contributed by atoms with Crippen LogP contribution in [-0.2, 0) is 6.42 Å². The summed E-state index contributed by atoms with van der Waals surface area (Å²) in [6.07, 6.45) is 3.58. The maximum absolute atomic E-state index is 6.24. The lowest BCUT2D eigenvalue weighted by Crippen LogP contribution is -1.85. The SMILES string of the molecule is CCCCc1cc(Cl)c2ccccc2c1. The van der Waals surface area contributed by atoms with E-state index in [4.69, 9.17) is 11.6 Å². The number of halogens is 1. The van der Waals surface area contributed by atoms with Gasteiger partial charge >= 0.3 is 0 Å². The van der Waals surface area contributed by atoms with E-state index in [1.807, 2.05) is 6.07 Å². The molecule has 15 heavy (non-hydrogen) atoms. The summed E-state index contributed by atoms with van der Waals surface area (Å²) in [4.78, 5) is 0. The fraction of sp³-hybridized carbons (Fsp3) is 0.286. The number of unbranched alkanes of at least 4 members (excludes halogenated alkanes) is 1. The average Bonchev–Trinajstić information content (AvgIpc) is 2.26. The second-order valence-electron chi connectivity index (χ2n) is 3.90. The summed E-state index contributed by atoms with van der Waals surface area (Å²) in [6.45, 7) is 2.21. The van der Waals surface area contributed by atoms with E-state index in [0.717, 1.165) is 16.8 Å². The Labute approximate surface area is 95.9 Å². The fourth-order valence-electron chi connectivity index (χ4n) is 1.85. The van der Waals surface area contributed by atoms with Crippen molar-refractivity contribution in [1.29, 1.82) is 0 Å². The molecule has 0 aromatic heterocycles. The van der Waals surface area contributed by atoms with Gasteiger partial charge in [-0.3, -0.25) is 0 Å². The van der Waals surface area contributed by atoms with Crippen LogP contribution in [0.25, 0.3) is 10.8 Å². The molecule has 0 aliphatic heterocycles. The highest BCUT2D eigenvalue weighted by Crippen LogP contribution is 2.25. The van der Waals surface area contributed by atoms with Crippen LogP contribution in [0, 0.1) is 0 Å². The Morgan fingerprint density at radius 1 is 1.13 bits per heavy atom. The Morgan fingerprint density at radius 2 is 1.93 bits per heavy atom. The van der Waals surface area contributed by atoms with E-state index in [1.54, 1.807) is 0 Å². The van der Waals surface area contributed by atoms with Gasteiger partial charge in [0.25, 0.3) is 0 Å². The second kappa shape index (κ2) is 4.67. The fourth-order valence-corrected chi connectivity index (χ4v) is 2.16. The summed E-state index contributed by atoms with van der Waals surface area (Å²) in [5.74, 6) is 0. The number of hydrogen-bond donors (Lipinski definition) is 0. The summed E-state index contributed by atoms with van der Waals surface area (Å²) >= 11 is 6.24. The summed E-state index contributed by atoms with van der Waals surface area (Å²) in [5.41, 5.74) is 1.35. The molecule has 0 heterocycles. The molecule has 0 saturated carbocycles. The van der Waals surface area contributed by atoms with Gasteiger partial charge in [0.05, 0.1) is 0 Å². The zero-order valence-corrected chi connectivity index (χ0v) is 9.72. The summed E-state index contributed by atoms with van der Waals surface area (Å²) in [6, 6.07) is 12.6. The van der Waals surface area contributed by atoms with Crippen molar-refractivity contribution in [2.45, 2.75) is 26.2 Å². The molecule has 0 bridgehead atoms. The van der Waals surface area contributed by atoms with Gasteiger partial charge < -0.3 is 0 Å². The first kappa shape index (κ1) is 10.5. The molecular weight excluding hydrogens is 204 g/mol. The lowest BCUT2D eigenvalue weighted by Gasteiger charge is -2.05. The van der Waals surface area contributed by atoms with Crippen molar-refractivity contribution in [3.8, 4) is 0 Å². The lowest BCUT2D eigenvalue weighted by atomic mass is 10.0. The van der Waals surface area contributed by atoms with Gasteiger partial charge in [0.1, 0.15) is 0 Å². The molecule has 0 nitrogen and oxygen atoms in total. The molecule has 1 heteroatoms. The summed E-state index contributed by atoms with van der Waals surface area (Å²) < 4.78 is 0. The molecule has 0 spiro atoms. The van der Waals surface area contributed by atoms with Crippen LogP contribution in [0.4, 0.5) is 0 Å². The average molecular weight is 219 g/mol. The van der Waals surface area contributed by atoms with Crippen LogP contribution in [0.3, 0.4) is 0 Å². The summed E-state index contributed by atoms with van der Waals surface area (Å²) in [5, 5.41) is 3.27. The molecular formula is C14H15Cl. The van der Waals surface area contributed by atoms with Crippen LogP contribution < -0.4 is 0 Å². The minimum absolute atomic E-state index is 0.874. The van der Waals surface area contributed by atoms with Gasteiger partial charge in [-0.2, -0.15) is 0 Å².